The number of aryl methyl sites for hydroxylation is 2. The van der Waals surface area contributed by atoms with E-state index in [0.29, 0.717) is 11.3 Å². The fourth-order valence-corrected chi connectivity index (χ4v) is 2.36. The Morgan fingerprint density at radius 2 is 1.68 bits per heavy atom. The predicted octanol–water partition coefficient (Wildman–Crippen LogP) is 2.33. The number of anilines is 1. The van der Waals surface area contributed by atoms with E-state index in [1.54, 1.807) is 26.1 Å². The third kappa shape index (κ3) is 4.11. The molecular formula is C17H18N4O4. The molecule has 0 aliphatic heterocycles. The topological polar surface area (TPSA) is 113 Å². The number of amides is 2. The average Bonchev–Trinajstić information content (AvgIpc) is 2.58. The van der Waals surface area contributed by atoms with Crippen molar-refractivity contribution in [2.24, 2.45) is 0 Å². The first-order chi connectivity index (χ1) is 11.8. The molecule has 2 rings (SSSR count). The zero-order chi connectivity index (χ0) is 18.6. The molecule has 0 aliphatic carbocycles. The van der Waals surface area contributed by atoms with Gasteiger partial charge in [0.25, 0.3) is 17.5 Å². The SMILES string of the molecule is CNc1ccc(C(=O)NNC(=O)c2ccc(C)cc2C)cc1[N+](=O)[O-]. The van der Waals surface area contributed by atoms with E-state index in [2.05, 4.69) is 16.2 Å². The van der Waals surface area contributed by atoms with Crippen LogP contribution in [0.15, 0.2) is 36.4 Å². The summed E-state index contributed by atoms with van der Waals surface area (Å²) in [6.07, 6.45) is 0. The number of benzene rings is 2. The van der Waals surface area contributed by atoms with Gasteiger partial charge in [0.05, 0.1) is 4.92 Å². The molecule has 0 aromatic heterocycles. The maximum absolute atomic E-state index is 12.1. The van der Waals surface area contributed by atoms with Gasteiger partial charge in [-0.05, 0) is 37.6 Å². The second-order valence-electron chi connectivity index (χ2n) is 5.47. The van der Waals surface area contributed by atoms with Gasteiger partial charge in [0.2, 0.25) is 0 Å². The number of carbonyl (C=O) groups excluding carboxylic acids is 2. The standard InChI is InChI=1S/C17H18N4O4/c1-10-4-6-13(11(2)8-10)17(23)20-19-16(22)12-5-7-14(18-3)15(9-12)21(24)25/h4-9,18H,1-3H3,(H,19,22)(H,20,23). The fraction of sp³-hybridized carbons (Fsp3) is 0.176. The minimum Gasteiger partial charge on any atom is -0.383 e. The van der Waals surface area contributed by atoms with Crippen LogP contribution in [0.2, 0.25) is 0 Å². The highest BCUT2D eigenvalue weighted by molar-refractivity contribution is 6.00. The molecule has 25 heavy (non-hydrogen) atoms. The molecule has 3 N–H and O–H groups in total. The summed E-state index contributed by atoms with van der Waals surface area (Å²) in [7, 11) is 1.55. The Balaban J connectivity index is 2.11. The second kappa shape index (κ2) is 7.43. The van der Waals surface area contributed by atoms with Crippen molar-refractivity contribution in [3.8, 4) is 0 Å². The van der Waals surface area contributed by atoms with Gasteiger partial charge >= 0.3 is 0 Å². The number of hydrogen-bond acceptors (Lipinski definition) is 5. The molecule has 0 unspecified atom stereocenters. The van der Waals surface area contributed by atoms with E-state index in [9.17, 15) is 19.7 Å². The number of carbonyl (C=O) groups is 2. The summed E-state index contributed by atoms with van der Waals surface area (Å²) in [4.78, 5) is 34.7. The molecule has 130 valence electrons. The Kier molecular flexibility index (Phi) is 5.33. The molecular weight excluding hydrogens is 324 g/mol. The number of rotatable bonds is 4. The molecule has 8 heteroatoms. The van der Waals surface area contributed by atoms with Gasteiger partial charge in [0.1, 0.15) is 5.69 Å². The Labute approximate surface area is 144 Å². The lowest BCUT2D eigenvalue weighted by molar-refractivity contribution is -0.384. The van der Waals surface area contributed by atoms with Gasteiger partial charge < -0.3 is 5.32 Å². The van der Waals surface area contributed by atoms with Crippen molar-refractivity contribution in [1.29, 1.82) is 0 Å². The molecule has 0 aliphatic rings. The molecule has 2 aromatic carbocycles. The molecule has 2 aromatic rings. The molecule has 0 saturated carbocycles. The number of hydrogen-bond donors (Lipinski definition) is 3. The van der Waals surface area contributed by atoms with Crippen molar-refractivity contribution in [1.82, 2.24) is 10.9 Å². The summed E-state index contributed by atoms with van der Waals surface area (Å²) >= 11 is 0. The highest BCUT2D eigenvalue weighted by atomic mass is 16.6. The van der Waals surface area contributed by atoms with Gasteiger partial charge in [-0.25, -0.2) is 0 Å². The Morgan fingerprint density at radius 1 is 1.00 bits per heavy atom. The lowest BCUT2D eigenvalue weighted by Crippen LogP contribution is -2.41. The third-order valence-electron chi connectivity index (χ3n) is 3.64. The van der Waals surface area contributed by atoms with Crippen LogP contribution in [0.25, 0.3) is 0 Å². The molecule has 0 saturated heterocycles. The third-order valence-corrected chi connectivity index (χ3v) is 3.64. The molecule has 0 atom stereocenters. The smallest absolute Gasteiger partial charge is 0.293 e. The van der Waals surface area contributed by atoms with Crippen molar-refractivity contribution in [3.63, 3.8) is 0 Å². The predicted molar refractivity (Wildman–Crippen MR) is 93.5 cm³/mol. The van der Waals surface area contributed by atoms with Gasteiger partial charge in [-0.1, -0.05) is 17.7 Å². The van der Waals surface area contributed by atoms with Crippen molar-refractivity contribution in [3.05, 3.63) is 68.8 Å². The van der Waals surface area contributed by atoms with Gasteiger partial charge in [0.15, 0.2) is 0 Å². The van der Waals surface area contributed by atoms with Gasteiger partial charge in [-0.3, -0.25) is 30.6 Å². The summed E-state index contributed by atoms with van der Waals surface area (Å²) < 4.78 is 0. The van der Waals surface area contributed by atoms with Gasteiger partial charge in [-0.2, -0.15) is 0 Å². The minimum absolute atomic E-state index is 0.0617. The molecule has 0 radical (unpaired) electrons. The zero-order valence-electron chi connectivity index (χ0n) is 14.0. The molecule has 0 bridgehead atoms. The van der Waals surface area contributed by atoms with Crippen LogP contribution in [0.4, 0.5) is 11.4 Å². The van der Waals surface area contributed by atoms with E-state index in [-0.39, 0.29) is 11.3 Å². The van der Waals surface area contributed by atoms with Crippen molar-refractivity contribution in [2.45, 2.75) is 13.8 Å². The number of nitrogens with zero attached hydrogens (tertiary/aromatic N) is 1. The quantitative estimate of drug-likeness (QED) is 0.583. The lowest BCUT2D eigenvalue weighted by atomic mass is 10.1. The number of nitro benzene ring substituents is 1. The van der Waals surface area contributed by atoms with Crippen LogP contribution in [0.3, 0.4) is 0 Å². The number of hydrazine groups is 1. The molecule has 2 amide bonds. The van der Waals surface area contributed by atoms with E-state index < -0.39 is 16.7 Å². The highest BCUT2D eigenvalue weighted by Crippen LogP contribution is 2.24. The normalized spacial score (nSPS) is 10.0. The second-order valence-corrected chi connectivity index (χ2v) is 5.47. The molecule has 0 spiro atoms. The van der Waals surface area contributed by atoms with Crippen LogP contribution in [0.1, 0.15) is 31.8 Å². The largest absolute Gasteiger partial charge is 0.383 e. The van der Waals surface area contributed by atoms with Crippen LogP contribution < -0.4 is 16.2 Å². The number of nitro groups is 1. The Morgan fingerprint density at radius 3 is 2.28 bits per heavy atom. The summed E-state index contributed by atoms with van der Waals surface area (Å²) in [6.45, 7) is 3.71. The fourth-order valence-electron chi connectivity index (χ4n) is 2.36. The van der Waals surface area contributed by atoms with Crippen LogP contribution in [-0.4, -0.2) is 23.8 Å². The van der Waals surface area contributed by atoms with E-state index in [1.165, 1.54) is 12.1 Å². The highest BCUT2D eigenvalue weighted by Gasteiger charge is 2.17. The molecule has 0 heterocycles. The summed E-state index contributed by atoms with van der Waals surface area (Å²) in [6, 6.07) is 9.32. The van der Waals surface area contributed by atoms with E-state index >= 15 is 0 Å². The van der Waals surface area contributed by atoms with Crippen molar-refractivity contribution < 1.29 is 14.5 Å². The first-order valence-electron chi connectivity index (χ1n) is 7.47. The van der Waals surface area contributed by atoms with E-state index in [0.717, 1.165) is 17.2 Å². The summed E-state index contributed by atoms with van der Waals surface area (Å²) in [5.41, 5.74) is 6.93. The zero-order valence-corrected chi connectivity index (χ0v) is 14.0. The van der Waals surface area contributed by atoms with Crippen LogP contribution in [-0.2, 0) is 0 Å². The van der Waals surface area contributed by atoms with Crippen molar-refractivity contribution >= 4 is 23.2 Å². The maximum atomic E-state index is 12.1. The van der Waals surface area contributed by atoms with Crippen molar-refractivity contribution in [2.75, 3.05) is 12.4 Å². The van der Waals surface area contributed by atoms with Crippen LogP contribution >= 0.6 is 0 Å². The maximum Gasteiger partial charge on any atom is 0.293 e. The molecule has 8 nitrogen and oxygen atoms in total. The first kappa shape index (κ1) is 17.9. The lowest BCUT2D eigenvalue weighted by Gasteiger charge is -2.10. The monoisotopic (exact) mass is 342 g/mol. The first-order valence-corrected chi connectivity index (χ1v) is 7.47. The minimum atomic E-state index is -0.649. The van der Waals surface area contributed by atoms with Gasteiger partial charge in [-0.15, -0.1) is 0 Å². The van der Waals surface area contributed by atoms with Gasteiger partial charge in [0, 0.05) is 24.2 Å². The summed E-state index contributed by atoms with van der Waals surface area (Å²) in [5.74, 6) is -1.11. The van der Waals surface area contributed by atoms with E-state index in [4.69, 9.17) is 0 Å². The molecule has 0 fully saturated rings. The Hall–Kier alpha value is -3.42. The Bertz CT molecular complexity index is 849. The van der Waals surface area contributed by atoms with Crippen LogP contribution in [0.5, 0.6) is 0 Å². The van der Waals surface area contributed by atoms with Crippen LogP contribution in [0, 0.1) is 24.0 Å². The average molecular weight is 342 g/mol. The van der Waals surface area contributed by atoms with E-state index in [1.807, 2.05) is 13.0 Å². The summed E-state index contributed by atoms with van der Waals surface area (Å²) in [5, 5.41) is 13.7. The number of nitrogens with one attached hydrogen (secondary N) is 3.